The first-order valence-corrected chi connectivity index (χ1v) is 9.18. The van der Waals surface area contributed by atoms with Gasteiger partial charge in [0.15, 0.2) is 0 Å². The maximum Gasteiger partial charge on any atom is 0.273 e. The van der Waals surface area contributed by atoms with E-state index in [1.807, 2.05) is 24.4 Å². The summed E-state index contributed by atoms with van der Waals surface area (Å²) in [6.45, 7) is 3.90. The van der Waals surface area contributed by atoms with Crippen molar-refractivity contribution in [2.75, 3.05) is 0 Å². The highest BCUT2D eigenvalue weighted by atomic mass is 32.1. The minimum atomic E-state index is -0.479. The second kappa shape index (κ2) is 7.12. The summed E-state index contributed by atoms with van der Waals surface area (Å²) in [4.78, 5) is 29.4. The molecule has 0 saturated heterocycles. The molecule has 3 rings (SSSR count). The average Bonchev–Trinajstić information content (AvgIpc) is 3.22. The van der Waals surface area contributed by atoms with Gasteiger partial charge < -0.3 is 5.32 Å². The van der Waals surface area contributed by atoms with Crippen LogP contribution in [0.5, 0.6) is 0 Å². The van der Waals surface area contributed by atoms with Crippen LogP contribution >= 0.6 is 22.7 Å². The fourth-order valence-corrected chi connectivity index (χ4v) is 4.11. The topological polar surface area (TPSA) is 85.1 Å². The number of benzene rings is 1. The molecule has 0 aliphatic heterocycles. The number of amides is 1. The predicted molar refractivity (Wildman–Crippen MR) is 99.2 cm³/mol. The summed E-state index contributed by atoms with van der Waals surface area (Å²) in [6.07, 6.45) is 0. The lowest BCUT2D eigenvalue weighted by Gasteiger charge is -2.05. The lowest BCUT2D eigenvalue weighted by molar-refractivity contribution is -0.385. The van der Waals surface area contributed by atoms with Crippen LogP contribution in [0.4, 0.5) is 5.69 Å². The maximum atomic E-state index is 12.3. The molecule has 0 bridgehead atoms. The van der Waals surface area contributed by atoms with E-state index >= 15 is 0 Å². The fourth-order valence-electron chi connectivity index (χ4n) is 2.31. The molecule has 2 heterocycles. The van der Waals surface area contributed by atoms with E-state index in [2.05, 4.69) is 10.3 Å². The zero-order valence-electron chi connectivity index (χ0n) is 13.6. The summed E-state index contributed by atoms with van der Waals surface area (Å²) < 4.78 is 0. The number of nitrogens with one attached hydrogen (secondary N) is 1. The number of nitrogens with zero attached hydrogens (tertiary/aromatic N) is 2. The highest BCUT2D eigenvalue weighted by Crippen LogP contribution is 2.31. The van der Waals surface area contributed by atoms with E-state index in [1.54, 1.807) is 41.7 Å². The standard InChI is InChI=1S/C17H15N3O3S2/c1-10-5-6-12(8-13(10)20(22)23)16(21)18-9-15-11(2)19-17(25-15)14-4-3-7-24-14/h3-8H,9H2,1-2H3,(H,18,21). The number of carbonyl (C=O) groups is 1. The third-order valence-electron chi connectivity index (χ3n) is 3.70. The van der Waals surface area contributed by atoms with Gasteiger partial charge >= 0.3 is 0 Å². The van der Waals surface area contributed by atoms with Crippen LogP contribution in [-0.2, 0) is 6.54 Å². The molecular formula is C17H15N3O3S2. The Morgan fingerprint density at radius 2 is 2.12 bits per heavy atom. The molecule has 0 fully saturated rings. The van der Waals surface area contributed by atoms with Gasteiger partial charge in [0.1, 0.15) is 5.01 Å². The first-order chi connectivity index (χ1) is 12.0. The molecule has 128 valence electrons. The second-order valence-corrected chi connectivity index (χ2v) is 7.48. The molecule has 1 amide bonds. The van der Waals surface area contributed by atoms with Gasteiger partial charge in [-0.1, -0.05) is 12.1 Å². The van der Waals surface area contributed by atoms with E-state index in [0.717, 1.165) is 20.5 Å². The van der Waals surface area contributed by atoms with Gasteiger partial charge in [-0.25, -0.2) is 4.98 Å². The van der Waals surface area contributed by atoms with Gasteiger partial charge in [-0.2, -0.15) is 0 Å². The van der Waals surface area contributed by atoms with Gasteiger partial charge in [-0.3, -0.25) is 14.9 Å². The van der Waals surface area contributed by atoms with Crippen LogP contribution < -0.4 is 5.32 Å². The summed E-state index contributed by atoms with van der Waals surface area (Å²) in [5.41, 5.74) is 1.63. The first-order valence-electron chi connectivity index (χ1n) is 7.49. The molecule has 0 saturated carbocycles. The van der Waals surface area contributed by atoms with Gasteiger partial charge in [0, 0.05) is 22.1 Å². The minimum Gasteiger partial charge on any atom is -0.347 e. The Kier molecular flexibility index (Phi) is 4.91. The largest absolute Gasteiger partial charge is 0.347 e. The smallest absolute Gasteiger partial charge is 0.273 e. The molecule has 0 atom stereocenters. The van der Waals surface area contributed by atoms with Crippen molar-refractivity contribution in [1.82, 2.24) is 10.3 Å². The van der Waals surface area contributed by atoms with Crippen LogP contribution in [0.15, 0.2) is 35.7 Å². The molecule has 1 N–H and O–H groups in total. The molecule has 1 aromatic carbocycles. The Hall–Kier alpha value is -2.58. The Morgan fingerprint density at radius 3 is 2.80 bits per heavy atom. The van der Waals surface area contributed by atoms with Crippen molar-refractivity contribution in [2.45, 2.75) is 20.4 Å². The fraction of sp³-hybridized carbons (Fsp3) is 0.176. The molecule has 6 nitrogen and oxygen atoms in total. The molecule has 0 radical (unpaired) electrons. The van der Waals surface area contributed by atoms with Crippen LogP contribution in [0, 0.1) is 24.0 Å². The van der Waals surface area contributed by atoms with Gasteiger partial charge in [0.05, 0.1) is 22.0 Å². The molecule has 8 heteroatoms. The average molecular weight is 373 g/mol. The number of thiazole rings is 1. The van der Waals surface area contributed by atoms with Gasteiger partial charge in [0.2, 0.25) is 0 Å². The van der Waals surface area contributed by atoms with Crippen molar-refractivity contribution in [3.63, 3.8) is 0 Å². The molecule has 3 aromatic rings. The Morgan fingerprint density at radius 1 is 1.32 bits per heavy atom. The van der Waals surface area contributed by atoms with Crippen molar-refractivity contribution >= 4 is 34.3 Å². The number of hydrogen-bond donors (Lipinski definition) is 1. The maximum absolute atomic E-state index is 12.3. The zero-order valence-corrected chi connectivity index (χ0v) is 15.2. The van der Waals surface area contributed by atoms with Crippen molar-refractivity contribution < 1.29 is 9.72 Å². The molecule has 0 unspecified atom stereocenters. The normalized spacial score (nSPS) is 10.6. The van der Waals surface area contributed by atoms with Gasteiger partial charge in [-0.05, 0) is 31.4 Å². The third kappa shape index (κ3) is 3.75. The van der Waals surface area contributed by atoms with Crippen LogP contribution in [0.2, 0.25) is 0 Å². The Bertz CT molecular complexity index is 933. The van der Waals surface area contributed by atoms with Crippen LogP contribution in [0.25, 0.3) is 9.88 Å². The van der Waals surface area contributed by atoms with Crippen molar-refractivity contribution in [3.05, 3.63) is 67.5 Å². The van der Waals surface area contributed by atoms with Gasteiger partial charge in [-0.15, -0.1) is 22.7 Å². The molecule has 0 aliphatic carbocycles. The summed E-state index contributed by atoms with van der Waals surface area (Å²) in [6, 6.07) is 8.47. The number of carbonyl (C=O) groups excluding carboxylic acids is 1. The number of aryl methyl sites for hydroxylation is 2. The lowest BCUT2D eigenvalue weighted by Crippen LogP contribution is -2.22. The zero-order chi connectivity index (χ0) is 18.0. The van der Waals surface area contributed by atoms with Crippen molar-refractivity contribution in [1.29, 1.82) is 0 Å². The summed E-state index contributed by atoms with van der Waals surface area (Å²) in [5, 5.41) is 16.7. The van der Waals surface area contributed by atoms with Crippen molar-refractivity contribution in [2.24, 2.45) is 0 Å². The SMILES string of the molecule is Cc1ccc(C(=O)NCc2sc(-c3cccs3)nc2C)cc1[N+](=O)[O-]. The van der Waals surface area contributed by atoms with Crippen LogP contribution in [0.1, 0.15) is 26.5 Å². The Labute approximate surface area is 152 Å². The summed E-state index contributed by atoms with van der Waals surface area (Å²) in [5.74, 6) is -0.339. The Balaban J connectivity index is 1.73. The molecular weight excluding hydrogens is 358 g/mol. The highest BCUT2D eigenvalue weighted by Gasteiger charge is 2.16. The van der Waals surface area contributed by atoms with Crippen LogP contribution in [0.3, 0.4) is 0 Å². The number of nitro benzene ring substituents is 1. The summed E-state index contributed by atoms with van der Waals surface area (Å²) in [7, 11) is 0. The first kappa shape index (κ1) is 17.2. The number of rotatable bonds is 5. The second-order valence-electron chi connectivity index (χ2n) is 5.45. The number of thiophene rings is 1. The van der Waals surface area contributed by atoms with E-state index in [9.17, 15) is 14.9 Å². The minimum absolute atomic E-state index is 0.0541. The van der Waals surface area contributed by atoms with E-state index in [-0.39, 0.29) is 17.2 Å². The van der Waals surface area contributed by atoms with E-state index < -0.39 is 4.92 Å². The number of nitro groups is 1. The molecule has 0 aliphatic rings. The monoisotopic (exact) mass is 373 g/mol. The number of aromatic nitrogens is 1. The molecule has 0 spiro atoms. The quantitative estimate of drug-likeness (QED) is 0.533. The lowest BCUT2D eigenvalue weighted by atomic mass is 10.1. The highest BCUT2D eigenvalue weighted by molar-refractivity contribution is 7.21. The van der Waals surface area contributed by atoms with E-state index in [1.165, 1.54) is 6.07 Å². The molecule has 2 aromatic heterocycles. The third-order valence-corrected chi connectivity index (χ3v) is 5.90. The van der Waals surface area contributed by atoms with Crippen LogP contribution in [-0.4, -0.2) is 15.8 Å². The van der Waals surface area contributed by atoms with E-state index in [4.69, 9.17) is 0 Å². The van der Waals surface area contributed by atoms with E-state index in [0.29, 0.717) is 12.1 Å². The van der Waals surface area contributed by atoms with Gasteiger partial charge in [0.25, 0.3) is 11.6 Å². The summed E-state index contributed by atoms with van der Waals surface area (Å²) >= 11 is 3.16. The molecule has 25 heavy (non-hydrogen) atoms. The van der Waals surface area contributed by atoms with Crippen molar-refractivity contribution in [3.8, 4) is 9.88 Å². The number of hydrogen-bond acceptors (Lipinski definition) is 6. The predicted octanol–water partition coefficient (Wildman–Crippen LogP) is 4.33.